The van der Waals surface area contributed by atoms with Gasteiger partial charge in [0.25, 0.3) is 0 Å². The molecule has 2 rings (SSSR count). The second-order valence-electron chi connectivity index (χ2n) is 6.24. The van der Waals surface area contributed by atoms with Gasteiger partial charge in [-0.05, 0) is 24.6 Å². The van der Waals surface area contributed by atoms with E-state index in [9.17, 15) is 0 Å². The lowest BCUT2D eigenvalue weighted by atomic mass is 9.93. The molecule has 0 unspecified atom stereocenters. The van der Waals surface area contributed by atoms with Crippen LogP contribution in [-0.4, -0.2) is 11.6 Å². The molecule has 0 atom stereocenters. The lowest BCUT2D eigenvalue weighted by Crippen LogP contribution is -2.11. The molecule has 114 valence electrons. The van der Waals surface area contributed by atoms with Gasteiger partial charge >= 0.3 is 0 Å². The molecule has 1 aromatic heterocycles. The third-order valence-electron chi connectivity index (χ3n) is 3.28. The molecule has 0 amide bonds. The van der Waals surface area contributed by atoms with Crippen LogP contribution in [0.4, 0.5) is 5.69 Å². The average Bonchev–Trinajstić information content (AvgIpc) is 2.90. The molecule has 1 aromatic carbocycles. The van der Waals surface area contributed by atoms with Gasteiger partial charge in [-0.2, -0.15) is 0 Å². The number of nitrogen functional groups attached to an aromatic ring is 1. The number of aromatic nitrogens is 1. The molecule has 4 heteroatoms. The maximum absolute atomic E-state index is 6.09. The number of thiazole rings is 1. The minimum absolute atomic E-state index is 0.0729. The topological polar surface area (TPSA) is 48.1 Å². The predicted molar refractivity (Wildman–Crippen MR) is 91.1 cm³/mol. The van der Waals surface area contributed by atoms with Gasteiger partial charge in [0.15, 0.2) is 0 Å². The van der Waals surface area contributed by atoms with Crippen molar-refractivity contribution in [2.75, 3.05) is 12.3 Å². The zero-order valence-electron chi connectivity index (χ0n) is 13.3. The van der Waals surface area contributed by atoms with Crippen LogP contribution < -0.4 is 10.5 Å². The second kappa shape index (κ2) is 6.48. The lowest BCUT2D eigenvalue weighted by Gasteiger charge is -2.14. The number of hydrogen-bond donors (Lipinski definition) is 1. The molecular formula is C17H24N2OS. The van der Waals surface area contributed by atoms with Crippen molar-refractivity contribution in [1.29, 1.82) is 0 Å². The van der Waals surface area contributed by atoms with Gasteiger partial charge < -0.3 is 10.5 Å². The Labute approximate surface area is 131 Å². The Bertz CT molecular complexity index is 599. The van der Waals surface area contributed by atoms with E-state index in [0.717, 1.165) is 34.9 Å². The highest BCUT2D eigenvalue weighted by Gasteiger charge is 2.18. The molecule has 3 nitrogen and oxygen atoms in total. The van der Waals surface area contributed by atoms with Crippen LogP contribution in [0.2, 0.25) is 0 Å². The summed E-state index contributed by atoms with van der Waals surface area (Å²) in [6.45, 7) is 9.37. The first-order valence-electron chi connectivity index (χ1n) is 7.40. The van der Waals surface area contributed by atoms with Crippen LogP contribution in [0, 0.1) is 0 Å². The summed E-state index contributed by atoms with van der Waals surface area (Å²) in [6, 6.07) is 5.92. The number of rotatable bonds is 5. The molecule has 21 heavy (non-hydrogen) atoms. The first-order chi connectivity index (χ1) is 9.91. The minimum Gasteiger partial charge on any atom is -0.491 e. The normalized spacial score (nSPS) is 11.6. The van der Waals surface area contributed by atoms with Crippen LogP contribution in [0.25, 0.3) is 10.6 Å². The van der Waals surface area contributed by atoms with Gasteiger partial charge in [-0.25, -0.2) is 4.98 Å². The molecule has 1 heterocycles. The zero-order valence-corrected chi connectivity index (χ0v) is 14.1. The van der Waals surface area contributed by atoms with Crippen molar-refractivity contribution in [3.05, 3.63) is 29.3 Å². The summed E-state index contributed by atoms with van der Waals surface area (Å²) >= 11 is 1.66. The Kier molecular flexibility index (Phi) is 4.88. The van der Waals surface area contributed by atoms with E-state index in [0.29, 0.717) is 12.3 Å². The third kappa shape index (κ3) is 3.97. The van der Waals surface area contributed by atoms with Crippen LogP contribution in [0.3, 0.4) is 0 Å². The maximum atomic E-state index is 6.09. The summed E-state index contributed by atoms with van der Waals surface area (Å²) < 4.78 is 5.69. The number of nitrogens with zero attached hydrogens (tertiary/aromatic N) is 1. The zero-order chi connectivity index (χ0) is 15.5. The van der Waals surface area contributed by atoms with Gasteiger partial charge in [0.1, 0.15) is 10.8 Å². The monoisotopic (exact) mass is 304 g/mol. The van der Waals surface area contributed by atoms with Crippen molar-refractivity contribution in [1.82, 2.24) is 4.98 Å². The smallest absolute Gasteiger partial charge is 0.142 e. The number of anilines is 1. The standard InChI is InChI=1S/C17H24N2OS/c1-5-6-9-20-14-8-7-12(10-13(14)18)16-19-15(11-21-16)17(2,3)4/h7-8,10-11H,5-6,9,18H2,1-4H3. The largest absolute Gasteiger partial charge is 0.491 e. The van der Waals surface area contributed by atoms with Crippen molar-refractivity contribution < 1.29 is 4.74 Å². The summed E-state index contributed by atoms with van der Waals surface area (Å²) in [4.78, 5) is 4.72. The van der Waals surface area contributed by atoms with E-state index in [2.05, 4.69) is 33.1 Å². The average molecular weight is 304 g/mol. The summed E-state index contributed by atoms with van der Waals surface area (Å²) in [5.74, 6) is 0.764. The molecule has 0 saturated heterocycles. The van der Waals surface area contributed by atoms with Gasteiger partial charge in [0.05, 0.1) is 18.0 Å². The fraction of sp³-hybridized carbons (Fsp3) is 0.471. The fourth-order valence-corrected chi connectivity index (χ4v) is 2.93. The van der Waals surface area contributed by atoms with Crippen LogP contribution in [0.5, 0.6) is 5.75 Å². The fourth-order valence-electron chi connectivity index (χ4n) is 1.89. The quantitative estimate of drug-likeness (QED) is 0.633. The predicted octanol–water partition coefficient (Wildman–Crippen LogP) is 4.87. The summed E-state index contributed by atoms with van der Waals surface area (Å²) in [7, 11) is 0. The summed E-state index contributed by atoms with van der Waals surface area (Å²) in [6.07, 6.45) is 2.16. The highest BCUT2D eigenvalue weighted by Crippen LogP contribution is 2.33. The van der Waals surface area contributed by atoms with Crippen molar-refractivity contribution in [2.24, 2.45) is 0 Å². The van der Waals surface area contributed by atoms with E-state index in [4.69, 9.17) is 15.5 Å². The van der Waals surface area contributed by atoms with Gasteiger partial charge in [-0.15, -0.1) is 11.3 Å². The van der Waals surface area contributed by atoms with Crippen molar-refractivity contribution in [3.63, 3.8) is 0 Å². The molecule has 0 aliphatic heterocycles. The van der Waals surface area contributed by atoms with E-state index in [1.165, 1.54) is 0 Å². The number of unbranched alkanes of at least 4 members (excludes halogenated alkanes) is 1. The Morgan fingerprint density at radius 2 is 2.05 bits per heavy atom. The minimum atomic E-state index is 0.0729. The third-order valence-corrected chi connectivity index (χ3v) is 4.18. The molecule has 2 N–H and O–H groups in total. The van der Waals surface area contributed by atoms with Crippen molar-refractivity contribution in [3.8, 4) is 16.3 Å². The Morgan fingerprint density at radius 3 is 2.62 bits per heavy atom. The van der Waals surface area contributed by atoms with Crippen LogP contribution in [0.15, 0.2) is 23.6 Å². The molecule has 0 saturated carbocycles. The van der Waals surface area contributed by atoms with E-state index in [-0.39, 0.29) is 5.41 Å². The molecule has 0 aliphatic carbocycles. The number of benzene rings is 1. The Hall–Kier alpha value is -1.55. The lowest BCUT2D eigenvalue weighted by molar-refractivity contribution is 0.311. The van der Waals surface area contributed by atoms with Gasteiger partial charge in [-0.3, -0.25) is 0 Å². The van der Waals surface area contributed by atoms with E-state index >= 15 is 0 Å². The van der Waals surface area contributed by atoms with Crippen molar-refractivity contribution >= 4 is 17.0 Å². The molecule has 0 spiro atoms. The first kappa shape index (κ1) is 15.8. The second-order valence-corrected chi connectivity index (χ2v) is 7.10. The van der Waals surface area contributed by atoms with Gasteiger partial charge in [-0.1, -0.05) is 34.1 Å². The van der Waals surface area contributed by atoms with Crippen molar-refractivity contribution in [2.45, 2.75) is 46.0 Å². The molecule has 0 bridgehead atoms. The Balaban J connectivity index is 2.18. The summed E-state index contributed by atoms with van der Waals surface area (Å²) in [5.41, 5.74) is 9.00. The summed E-state index contributed by atoms with van der Waals surface area (Å²) in [5, 5.41) is 3.13. The van der Waals surface area contributed by atoms with Crippen LogP contribution in [-0.2, 0) is 5.41 Å². The first-order valence-corrected chi connectivity index (χ1v) is 8.28. The SMILES string of the molecule is CCCCOc1ccc(-c2nc(C(C)(C)C)cs2)cc1N. The molecule has 2 aromatic rings. The molecule has 0 fully saturated rings. The van der Waals surface area contributed by atoms with E-state index in [1.807, 2.05) is 18.2 Å². The van der Waals surface area contributed by atoms with E-state index < -0.39 is 0 Å². The maximum Gasteiger partial charge on any atom is 0.142 e. The number of ether oxygens (including phenoxy) is 1. The van der Waals surface area contributed by atoms with Gasteiger partial charge in [0.2, 0.25) is 0 Å². The van der Waals surface area contributed by atoms with Crippen LogP contribution >= 0.6 is 11.3 Å². The van der Waals surface area contributed by atoms with Gasteiger partial charge in [0, 0.05) is 16.4 Å². The highest BCUT2D eigenvalue weighted by atomic mass is 32.1. The van der Waals surface area contributed by atoms with E-state index in [1.54, 1.807) is 11.3 Å². The molecule has 0 aliphatic rings. The number of nitrogens with two attached hydrogens (primary N) is 1. The molecule has 0 radical (unpaired) electrons. The highest BCUT2D eigenvalue weighted by molar-refractivity contribution is 7.13. The Morgan fingerprint density at radius 1 is 1.29 bits per heavy atom. The molecular weight excluding hydrogens is 280 g/mol. The number of hydrogen-bond acceptors (Lipinski definition) is 4. The van der Waals surface area contributed by atoms with Crippen LogP contribution in [0.1, 0.15) is 46.2 Å².